The summed E-state index contributed by atoms with van der Waals surface area (Å²) in [6.07, 6.45) is 3.72. The smallest absolute Gasteiger partial charge is 0.140 e. The molecule has 0 aliphatic heterocycles. The minimum atomic E-state index is 0.0593. The van der Waals surface area contributed by atoms with Crippen molar-refractivity contribution in [2.45, 2.75) is 26.2 Å². The van der Waals surface area contributed by atoms with Crippen molar-refractivity contribution in [3.8, 4) is 6.07 Å². The first-order valence-corrected chi connectivity index (χ1v) is 5.29. The maximum atomic E-state index is 9.05. The van der Waals surface area contributed by atoms with E-state index >= 15 is 0 Å². The van der Waals surface area contributed by atoms with Gasteiger partial charge in [-0.2, -0.15) is 5.26 Å². The van der Waals surface area contributed by atoms with E-state index in [0.29, 0.717) is 5.56 Å². The van der Waals surface area contributed by atoms with Gasteiger partial charge in [0.05, 0.1) is 5.56 Å². The van der Waals surface area contributed by atoms with Crippen LogP contribution < -0.4 is 0 Å². The average molecular weight is 213 g/mol. The van der Waals surface area contributed by atoms with Crippen LogP contribution in [0.4, 0.5) is 0 Å². The molecule has 2 aromatic rings. The standard InChI is InChI=1S/C13H15N3/c1-13(2,3)10-5-11-9(6-14)8-16(4)12(11)15-7-10/h5,7-8H,1-4H3. The highest BCUT2D eigenvalue weighted by Crippen LogP contribution is 2.26. The lowest BCUT2D eigenvalue weighted by atomic mass is 9.88. The van der Waals surface area contributed by atoms with Crippen LogP contribution in [-0.2, 0) is 12.5 Å². The molecule has 2 aromatic heterocycles. The van der Waals surface area contributed by atoms with Crippen LogP contribution in [0.15, 0.2) is 18.5 Å². The number of hydrogen-bond acceptors (Lipinski definition) is 2. The molecule has 0 saturated carbocycles. The monoisotopic (exact) mass is 213 g/mol. The number of nitrogens with zero attached hydrogens (tertiary/aromatic N) is 3. The van der Waals surface area contributed by atoms with Crippen LogP contribution in [0.1, 0.15) is 31.9 Å². The Morgan fingerprint density at radius 1 is 1.38 bits per heavy atom. The van der Waals surface area contributed by atoms with Gasteiger partial charge in [0.2, 0.25) is 0 Å². The molecule has 2 rings (SSSR count). The molecule has 2 heterocycles. The number of aromatic nitrogens is 2. The van der Waals surface area contributed by atoms with Gasteiger partial charge >= 0.3 is 0 Å². The van der Waals surface area contributed by atoms with Crippen LogP contribution in [0.25, 0.3) is 11.0 Å². The lowest BCUT2D eigenvalue weighted by molar-refractivity contribution is 0.588. The summed E-state index contributed by atoms with van der Waals surface area (Å²) in [4.78, 5) is 4.43. The van der Waals surface area contributed by atoms with Gasteiger partial charge in [0.15, 0.2) is 0 Å². The Balaban J connectivity index is 2.76. The van der Waals surface area contributed by atoms with E-state index in [9.17, 15) is 0 Å². The molecule has 0 aromatic carbocycles. The molecular formula is C13H15N3. The summed E-state index contributed by atoms with van der Waals surface area (Å²) in [5.41, 5.74) is 2.77. The van der Waals surface area contributed by atoms with Crippen molar-refractivity contribution in [3.05, 3.63) is 29.6 Å². The van der Waals surface area contributed by atoms with Crippen molar-refractivity contribution >= 4 is 11.0 Å². The molecule has 0 bridgehead atoms. The van der Waals surface area contributed by atoms with E-state index in [0.717, 1.165) is 16.6 Å². The molecule has 0 spiro atoms. The zero-order chi connectivity index (χ0) is 11.9. The SMILES string of the molecule is Cn1cc(C#N)c2cc(C(C)(C)C)cnc21. The van der Waals surface area contributed by atoms with Crippen LogP contribution >= 0.6 is 0 Å². The Kier molecular flexibility index (Phi) is 2.23. The van der Waals surface area contributed by atoms with Gasteiger partial charge < -0.3 is 4.57 Å². The normalized spacial score (nSPS) is 11.7. The Hall–Kier alpha value is -1.82. The fourth-order valence-electron chi connectivity index (χ4n) is 1.76. The molecule has 0 amide bonds. The number of pyridine rings is 1. The molecule has 0 atom stereocenters. The van der Waals surface area contributed by atoms with E-state index in [-0.39, 0.29) is 5.41 Å². The van der Waals surface area contributed by atoms with Crippen molar-refractivity contribution < 1.29 is 0 Å². The number of hydrogen-bond donors (Lipinski definition) is 0. The van der Waals surface area contributed by atoms with Crippen LogP contribution in [0.3, 0.4) is 0 Å². The van der Waals surface area contributed by atoms with Crippen LogP contribution in [-0.4, -0.2) is 9.55 Å². The minimum absolute atomic E-state index is 0.0593. The molecule has 3 heteroatoms. The third-order valence-corrected chi connectivity index (χ3v) is 2.80. The van der Waals surface area contributed by atoms with Gasteiger partial charge in [-0.05, 0) is 17.0 Å². The predicted molar refractivity (Wildman–Crippen MR) is 64.1 cm³/mol. The lowest BCUT2D eigenvalue weighted by Gasteiger charge is -2.18. The molecule has 0 fully saturated rings. The fraction of sp³-hybridized carbons (Fsp3) is 0.385. The minimum Gasteiger partial charge on any atom is -0.334 e. The van der Waals surface area contributed by atoms with E-state index < -0.39 is 0 Å². The third-order valence-electron chi connectivity index (χ3n) is 2.80. The largest absolute Gasteiger partial charge is 0.334 e. The Morgan fingerprint density at radius 3 is 2.62 bits per heavy atom. The Bertz CT molecular complexity index is 579. The first kappa shape index (κ1) is 10.7. The Morgan fingerprint density at radius 2 is 2.06 bits per heavy atom. The van der Waals surface area contributed by atoms with Gasteiger partial charge in [0.25, 0.3) is 0 Å². The van der Waals surface area contributed by atoms with Crippen LogP contribution in [0.5, 0.6) is 0 Å². The van der Waals surface area contributed by atoms with Crippen molar-refractivity contribution in [2.75, 3.05) is 0 Å². The van der Waals surface area contributed by atoms with Gasteiger partial charge in [0, 0.05) is 24.8 Å². The van der Waals surface area contributed by atoms with Gasteiger partial charge in [-0.25, -0.2) is 4.98 Å². The Labute approximate surface area is 95.3 Å². The highest BCUT2D eigenvalue weighted by atomic mass is 15.0. The highest BCUT2D eigenvalue weighted by molar-refractivity contribution is 5.83. The molecule has 82 valence electrons. The summed E-state index contributed by atoms with van der Waals surface area (Å²) in [5.74, 6) is 0. The van der Waals surface area contributed by atoms with Gasteiger partial charge in [-0.3, -0.25) is 0 Å². The number of rotatable bonds is 0. The topological polar surface area (TPSA) is 41.6 Å². The lowest BCUT2D eigenvalue weighted by Crippen LogP contribution is -2.11. The summed E-state index contributed by atoms with van der Waals surface area (Å²) >= 11 is 0. The summed E-state index contributed by atoms with van der Waals surface area (Å²) in [5, 5.41) is 9.99. The second-order valence-corrected chi connectivity index (χ2v) is 5.11. The maximum absolute atomic E-state index is 9.05. The molecular weight excluding hydrogens is 198 g/mol. The molecule has 0 unspecified atom stereocenters. The summed E-state index contributed by atoms with van der Waals surface area (Å²) < 4.78 is 1.89. The van der Waals surface area contributed by atoms with E-state index in [1.165, 1.54) is 0 Å². The van der Waals surface area contributed by atoms with Crippen molar-refractivity contribution in [3.63, 3.8) is 0 Å². The van der Waals surface area contributed by atoms with Gasteiger partial charge in [-0.1, -0.05) is 20.8 Å². The van der Waals surface area contributed by atoms with E-state index in [1.807, 2.05) is 24.0 Å². The zero-order valence-electron chi connectivity index (χ0n) is 10.1. The van der Waals surface area contributed by atoms with Crippen LogP contribution in [0, 0.1) is 11.3 Å². The third kappa shape index (κ3) is 1.57. The molecule has 0 N–H and O–H groups in total. The number of nitriles is 1. The van der Waals surface area contributed by atoms with Crippen molar-refractivity contribution in [2.24, 2.45) is 7.05 Å². The number of fused-ring (bicyclic) bond motifs is 1. The quantitative estimate of drug-likeness (QED) is 0.675. The average Bonchev–Trinajstić information content (AvgIpc) is 2.54. The second kappa shape index (κ2) is 3.34. The predicted octanol–water partition coefficient (Wildman–Crippen LogP) is 2.74. The van der Waals surface area contributed by atoms with Crippen molar-refractivity contribution in [1.82, 2.24) is 9.55 Å². The van der Waals surface area contributed by atoms with Gasteiger partial charge in [-0.15, -0.1) is 0 Å². The molecule has 3 nitrogen and oxygen atoms in total. The summed E-state index contributed by atoms with van der Waals surface area (Å²) in [6.45, 7) is 6.43. The van der Waals surface area contributed by atoms with E-state index in [1.54, 1.807) is 0 Å². The van der Waals surface area contributed by atoms with E-state index in [2.05, 4.69) is 37.9 Å². The fourth-order valence-corrected chi connectivity index (χ4v) is 1.76. The molecule has 0 saturated heterocycles. The summed E-state index contributed by atoms with van der Waals surface area (Å²) in [7, 11) is 1.91. The second-order valence-electron chi connectivity index (χ2n) is 5.11. The van der Waals surface area contributed by atoms with E-state index in [4.69, 9.17) is 5.26 Å². The number of aryl methyl sites for hydroxylation is 1. The first-order valence-electron chi connectivity index (χ1n) is 5.29. The molecule has 0 radical (unpaired) electrons. The maximum Gasteiger partial charge on any atom is 0.140 e. The van der Waals surface area contributed by atoms with Gasteiger partial charge in [0.1, 0.15) is 11.7 Å². The van der Waals surface area contributed by atoms with Crippen LogP contribution in [0.2, 0.25) is 0 Å². The molecule has 0 aliphatic carbocycles. The first-order chi connectivity index (χ1) is 7.43. The molecule has 16 heavy (non-hydrogen) atoms. The zero-order valence-corrected chi connectivity index (χ0v) is 10.1. The van der Waals surface area contributed by atoms with Crippen molar-refractivity contribution in [1.29, 1.82) is 5.26 Å². The highest BCUT2D eigenvalue weighted by Gasteiger charge is 2.16. The summed E-state index contributed by atoms with van der Waals surface area (Å²) in [6, 6.07) is 4.28. The molecule has 0 aliphatic rings.